The van der Waals surface area contributed by atoms with Crippen LogP contribution >= 0.6 is 27.3 Å². The fourth-order valence-electron chi connectivity index (χ4n) is 1.99. The molecule has 0 bridgehead atoms. The molecule has 0 aliphatic carbocycles. The van der Waals surface area contributed by atoms with Gasteiger partial charge in [-0.05, 0) is 41.5 Å². The minimum atomic E-state index is -0.278. The molecule has 0 fully saturated rings. The molecule has 1 aromatic carbocycles. The molecule has 1 aromatic heterocycles. The van der Waals surface area contributed by atoms with E-state index in [9.17, 15) is 4.39 Å². The Balaban J connectivity index is 2.14. The number of nitrogens with one attached hydrogen (secondary N) is 1. The van der Waals surface area contributed by atoms with Gasteiger partial charge >= 0.3 is 0 Å². The molecule has 0 aliphatic heterocycles. The fraction of sp³-hybridized carbons (Fsp3) is 0.333. The van der Waals surface area contributed by atoms with E-state index in [1.165, 1.54) is 12.1 Å². The van der Waals surface area contributed by atoms with E-state index in [1.807, 2.05) is 25.3 Å². The van der Waals surface area contributed by atoms with Gasteiger partial charge in [-0.15, -0.1) is 11.3 Å². The van der Waals surface area contributed by atoms with E-state index in [2.05, 4.69) is 21.2 Å². The Morgan fingerprint density at radius 2 is 2.20 bits per heavy atom. The summed E-state index contributed by atoms with van der Waals surface area (Å²) < 4.78 is 20.3. The molecule has 1 atom stereocenters. The highest BCUT2D eigenvalue weighted by Gasteiger charge is 2.12. The molecule has 1 N–H and O–H groups in total. The molecule has 0 radical (unpaired) electrons. The first-order valence-electron chi connectivity index (χ1n) is 6.48. The Labute approximate surface area is 131 Å². The number of hydrogen-bond donors (Lipinski definition) is 1. The van der Waals surface area contributed by atoms with E-state index < -0.39 is 0 Å². The Kier molecular flexibility index (Phi) is 5.57. The normalized spacial score (nSPS) is 12.4. The number of ether oxygens (including phenoxy) is 1. The lowest BCUT2D eigenvalue weighted by atomic mass is 10.1. The van der Waals surface area contributed by atoms with E-state index in [1.54, 1.807) is 17.4 Å². The van der Waals surface area contributed by atoms with Crippen molar-refractivity contribution >= 4 is 27.3 Å². The quantitative estimate of drug-likeness (QED) is 0.793. The maximum atomic E-state index is 13.4. The zero-order valence-corrected chi connectivity index (χ0v) is 13.9. The molecule has 2 aromatic rings. The van der Waals surface area contributed by atoms with Crippen molar-refractivity contribution < 1.29 is 9.13 Å². The van der Waals surface area contributed by atoms with Gasteiger partial charge in [0.2, 0.25) is 0 Å². The molecule has 108 valence electrons. The second-order valence-electron chi connectivity index (χ2n) is 4.48. The second kappa shape index (κ2) is 7.20. The van der Waals surface area contributed by atoms with Crippen molar-refractivity contribution in [3.63, 3.8) is 0 Å². The molecular formula is C15H17BrFNOS. The van der Waals surface area contributed by atoms with Crippen LogP contribution in [0, 0.1) is 5.82 Å². The SMILES string of the molecule is CCNC(C)c1ccc(F)cc1OCc1cc(Br)cs1. The number of benzene rings is 1. The molecule has 1 unspecified atom stereocenters. The van der Waals surface area contributed by atoms with Crippen molar-refractivity contribution in [3.8, 4) is 5.75 Å². The largest absolute Gasteiger partial charge is 0.488 e. The van der Waals surface area contributed by atoms with Gasteiger partial charge in [-0.1, -0.05) is 13.0 Å². The monoisotopic (exact) mass is 357 g/mol. The van der Waals surface area contributed by atoms with Crippen LogP contribution in [0.5, 0.6) is 5.75 Å². The maximum absolute atomic E-state index is 13.4. The number of halogens is 2. The lowest BCUT2D eigenvalue weighted by molar-refractivity contribution is 0.301. The van der Waals surface area contributed by atoms with Crippen molar-refractivity contribution in [3.05, 3.63) is 50.4 Å². The second-order valence-corrected chi connectivity index (χ2v) is 6.39. The van der Waals surface area contributed by atoms with Crippen LogP contribution in [-0.2, 0) is 6.61 Å². The third-order valence-corrected chi connectivity index (χ3v) is 4.62. The highest BCUT2D eigenvalue weighted by atomic mass is 79.9. The highest BCUT2D eigenvalue weighted by molar-refractivity contribution is 9.10. The summed E-state index contributed by atoms with van der Waals surface area (Å²) in [5.41, 5.74) is 0.976. The summed E-state index contributed by atoms with van der Waals surface area (Å²) in [5.74, 6) is 0.322. The molecule has 0 saturated heterocycles. The van der Waals surface area contributed by atoms with Crippen molar-refractivity contribution in [2.24, 2.45) is 0 Å². The Morgan fingerprint density at radius 1 is 1.40 bits per heavy atom. The first-order chi connectivity index (χ1) is 9.60. The van der Waals surface area contributed by atoms with Crippen LogP contribution in [0.2, 0.25) is 0 Å². The van der Waals surface area contributed by atoms with E-state index in [4.69, 9.17) is 4.74 Å². The van der Waals surface area contributed by atoms with Gasteiger partial charge in [-0.25, -0.2) is 4.39 Å². The van der Waals surface area contributed by atoms with Crippen molar-refractivity contribution in [2.45, 2.75) is 26.5 Å². The minimum absolute atomic E-state index is 0.130. The lowest BCUT2D eigenvalue weighted by Gasteiger charge is -2.17. The van der Waals surface area contributed by atoms with Crippen LogP contribution in [0.25, 0.3) is 0 Å². The summed E-state index contributed by atoms with van der Waals surface area (Å²) in [5, 5.41) is 5.32. The molecule has 20 heavy (non-hydrogen) atoms. The zero-order valence-electron chi connectivity index (χ0n) is 11.5. The summed E-state index contributed by atoms with van der Waals surface area (Å²) in [6.07, 6.45) is 0. The summed E-state index contributed by atoms with van der Waals surface area (Å²) >= 11 is 5.03. The first kappa shape index (κ1) is 15.5. The summed E-state index contributed by atoms with van der Waals surface area (Å²) in [4.78, 5) is 1.10. The average Bonchev–Trinajstić information content (AvgIpc) is 2.82. The smallest absolute Gasteiger partial charge is 0.127 e. The van der Waals surface area contributed by atoms with E-state index in [0.717, 1.165) is 21.5 Å². The van der Waals surface area contributed by atoms with Gasteiger partial charge in [0.25, 0.3) is 0 Å². The van der Waals surface area contributed by atoms with Gasteiger partial charge in [-0.3, -0.25) is 0 Å². The molecule has 0 saturated carbocycles. The Bertz CT molecular complexity index is 573. The minimum Gasteiger partial charge on any atom is -0.488 e. The van der Waals surface area contributed by atoms with Crippen molar-refractivity contribution in [2.75, 3.05) is 6.54 Å². The van der Waals surface area contributed by atoms with Crippen molar-refractivity contribution in [1.82, 2.24) is 5.32 Å². The number of rotatable bonds is 6. The summed E-state index contributed by atoms with van der Waals surface area (Å²) in [6, 6.07) is 6.84. The third kappa shape index (κ3) is 4.04. The van der Waals surface area contributed by atoms with Gasteiger partial charge < -0.3 is 10.1 Å². The van der Waals surface area contributed by atoms with Gasteiger partial charge in [0.05, 0.1) is 0 Å². The number of thiophene rings is 1. The zero-order chi connectivity index (χ0) is 14.5. The Hall–Kier alpha value is -0.910. The number of hydrogen-bond acceptors (Lipinski definition) is 3. The molecule has 2 rings (SSSR count). The lowest BCUT2D eigenvalue weighted by Crippen LogP contribution is -2.18. The highest BCUT2D eigenvalue weighted by Crippen LogP contribution is 2.28. The van der Waals surface area contributed by atoms with Gasteiger partial charge in [0.15, 0.2) is 0 Å². The maximum Gasteiger partial charge on any atom is 0.127 e. The molecule has 0 aliphatic rings. The van der Waals surface area contributed by atoms with E-state index in [-0.39, 0.29) is 11.9 Å². The van der Waals surface area contributed by atoms with Gasteiger partial charge in [0, 0.05) is 32.4 Å². The standard InChI is InChI=1S/C15H17BrFNOS/c1-3-18-10(2)14-5-4-12(17)7-15(14)19-8-13-6-11(16)9-20-13/h4-7,9-10,18H,3,8H2,1-2H3. The van der Waals surface area contributed by atoms with Crippen LogP contribution in [0.15, 0.2) is 34.1 Å². The Morgan fingerprint density at radius 3 is 2.85 bits per heavy atom. The predicted molar refractivity (Wildman–Crippen MR) is 84.8 cm³/mol. The molecule has 2 nitrogen and oxygen atoms in total. The molecule has 0 spiro atoms. The summed E-state index contributed by atoms with van der Waals surface area (Å²) in [7, 11) is 0. The molecule has 1 heterocycles. The summed E-state index contributed by atoms with van der Waals surface area (Å²) in [6.45, 7) is 5.40. The molecular weight excluding hydrogens is 341 g/mol. The third-order valence-electron chi connectivity index (χ3n) is 2.94. The van der Waals surface area contributed by atoms with Gasteiger partial charge in [-0.2, -0.15) is 0 Å². The molecule has 0 amide bonds. The average molecular weight is 358 g/mol. The van der Waals surface area contributed by atoms with Gasteiger partial charge in [0.1, 0.15) is 18.2 Å². The topological polar surface area (TPSA) is 21.3 Å². The van der Waals surface area contributed by atoms with E-state index in [0.29, 0.717) is 12.4 Å². The van der Waals surface area contributed by atoms with Crippen LogP contribution in [-0.4, -0.2) is 6.54 Å². The van der Waals surface area contributed by atoms with Crippen molar-refractivity contribution in [1.29, 1.82) is 0 Å². The first-order valence-corrected chi connectivity index (χ1v) is 8.16. The molecule has 5 heteroatoms. The van der Waals surface area contributed by atoms with E-state index >= 15 is 0 Å². The van der Waals surface area contributed by atoms with Crippen LogP contribution < -0.4 is 10.1 Å². The van der Waals surface area contributed by atoms with Crippen LogP contribution in [0.4, 0.5) is 4.39 Å². The fourth-order valence-corrected chi connectivity index (χ4v) is 3.35. The predicted octanol–water partition coefficient (Wildman–Crippen LogP) is 4.90. The van der Waals surface area contributed by atoms with Crippen LogP contribution in [0.1, 0.15) is 30.3 Å². The van der Waals surface area contributed by atoms with Crippen LogP contribution in [0.3, 0.4) is 0 Å².